The van der Waals surface area contributed by atoms with Crippen molar-refractivity contribution in [3.63, 3.8) is 0 Å². The molecule has 0 aliphatic carbocycles. The van der Waals surface area contributed by atoms with E-state index in [2.05, 4.69) is 4.74 Å². The van der Waals surface area contributed by atoms with Gasteiger partial charge in [-0.25, -0.2) is 18.0 Å². The molecule has 11 heteroatoms. The third kappa shape index (κ3) is 4.19. The van der Waals surface area contributed by atoms with Crippen molar-refractivity contribution in [2.45, 2.75) is 6.92 Å². The number of carbonyl (C=O) groups is 2. The number of rotatable bonds is 5. The Hall–Kier alpha value is -3.73. The molecule has 1 aliphatic heterocycles. The minimum atomic E-state index is -2.35. The molecule has 0 atom stereocenters. The number of thiophene rings is 1. The van der Waals surface area contributed by atoms with Crippen LogP contribution in [0, 0.1) is 36.0 Å². The second kappa shape index (κ2) is 8.66. The van der Waals surface area contributed by atoms with Gasteiger partial charge in [0.15, 0.2) is 18.1 Å². The molecular formula is C22H11F5O5S. The molecule has 33 heavy (non-hydrogen) atoms. The van der Waals surface area contributed by atoms with E-state index in [-0.39, 0.29) is 28.6 Å². The van der Waals surface area contributed by atoms with Crippen molar-refractivity contribution in [3.05, 3.63) is 80.5 Å². The maximum atomic E-state index is 13.6. The van der Waals surface area contributed by atoms with E-state index >= 15 is 0 Å². The summed E-state index contributed by atoms with van der Waals surface area (Å²) in [5.41, 5.74) is 0.700. The van der Waals surface area contributed by atoms with Gasteiger partial charge in [-0.2, -0.15) is 8.78 Å². The summed E-state index contributed by atoms with van der Waals surface area (Å²) >= 11 is 1.40. The Balaban J connectivity index is 1.49. The Morgan fingerprint density at radius 1 is 1.06 bits per heavy atom. The third-order valence-corrected chi connectivity index (χ3v) is 5.32. The van der Waals surface area contributed by atoms with Crippen LogP contribution < -0.4 is 14.2 Å². The maximum absolute atomic E-state index is 13.6. The molecule has 0 spiro atoms. The number of hydrogen-bond donors (Lipinski definition) is 0. The van der Waals surface area contributed by atoms with Crippen LogP contribution in [0.25, 0.3) is 6.08 Å². The Labute approximate surface area is 186 Å². The van der Waals surface area contributed by atoms with E-state index in [1.54, 1.807) is 25.1 Å². The molecule has 5 nitrogen and oxygen atoms in total. The van der Waals surface area contributed by atoms with E-state index in [1.165, 1.54) is 23.5 Å². The van der Waals surface area contributed by atoms with Gasteiger partial charge >= 0.3 is 5.97 Å². The Bertz CT molecular complexity index is 1290. The van der Waals surface area contributed by atoms with Gasteiger partial charge in [-0.1, -0.05) is 6.07 Å². The number of ketones is 1. The summed E-state index contributed by atoms with van der Waals surface area (Å²) in [5, 5.41) is 1.83. The van der Waals surface area contributed by atoms with Gasteiger partial charge in [0.25, 0.3) is 0 Å². The maximum Gasteiger partial charge on any atom is 0.349 e. The molecule has 2 aromatic carbocycles. The van der Waals surface area contributed by atoms with E-state index < -0.39 is 47.4 Å². The lowest BCUT2D eigenvalue weighted by Gasteiger charge is -2.11. The average Bonchev–Trinajstić information content (AvgIpc) is 3.39. The first-order valence-corrected chi connectivity index (χ1v) is 10.0. The summed E-state index contributed by atoms with van der Waals surface area (Å²) < 4.78 is 81.9. The molecule has 3 aromatic rings. The Morgan fingerprint density at radius 3 is 2.36 bits per heavy atom. The highest BCUT2D eigenvalue weighted by atomic mass is 32.1. The number of fused-ring (bicyclic) bond motifs is 1. The van der Waals surface area contributed by atoms with E-state index in [9.17, 15) is 31.5 Å². The lowest BCUT2D eigenvalue weighted by molar-refractivity contribution is -0.136. The summed E-state index contributed by atoms with van der Waals surface area (Å²) in [6.07, 6.45) is 1.57. The SMILES string of the molecule is Cc1cc(OC(=O)COc2c(F)c(F)c(F)c(F)c2F)cc2c1C(=O)/C(=C/c1cccs1)O2. The average molecular weight is 482 g/mol. The number of benzene rings is 2. The van der Waals surface area contributed by atoms with Gasteiger partial charge in [-0.3, -0.25) is 4.79 Å². The summed E-state index contributed by atoms with van der Waals surface area (Å²) in [6.45, 7) is 0.425. The molecule has 0 saturated heterocycles. The van der Waals surface area contributed by atoms with Crippen LogP contribution in [0.2, 0.25) is 0 Å². The van der Waals surface area contributed by atoms with Crippen LogP contribution in [0.4, 0.5) is 22.0 Å². The molecule has 0 bridgehead atoms. The van der Waals surface area contributed by atoms with Gasteiger partial charge in [0.05, 0.1) is 5.56 Å². The zero-order chi connectivity index (χ0) is 23.9. The van der Waals surface area contributed by atoms with E-state index in [0.717, 1.165) is 4.88 Å². The summed E-state index contributed by atoms with van der Waals surface area (Å²) in [6, 6.07) is 6.21. The first kappa shape index (κ1) is 22.5. The van der Waals surface area contributed by atoms with Gasteiger partial charge in [-0.05, 0) is 30.0 Å². The van der Waals surface area contributed by atoms with Crippen molar-refractivity contribution >= 4 is 29.2 Å². The number of allylic oxidation sites excluding steroid dienone is 1. The molecule has 0 fully saturated rings. The number of aryl methyl sites for hydroxylation is 1. The van der Waals surface area contributed by atoms with Gasteiger partial charge in [-0.15, -0.1) is 11.3 Å². The molecule has 0 N–H and O–H groups in total. The fourth-order valence-corrected chi connectivity index (χ4v) is 3.69. The lowest BCUT2D eigenvalue weighted by atomic mass is 10.0. The highest BCUT2D eigenvalue weighted by Gasteiger charge is 2.31. The molecule has 1 aliphatic rings. The molecule has 4 rings (SSSR count). The number of ether oxygens (including phenoxy) is 3. The summed E-state index contributed by atoms with van der Waals surface area (Å²) in [7, 11) is 0. The smallest absolute Gasteiger partial charge is 0.349 e. The molecular weight excluding hydrogens is 471 g/mol. The minimum absolute atomic E-state index is 0.0775. The molecule has 0 radical (unpaired) electrons. The number of halogens is 5. The van der Waals surface area contributed by atoms with Crippen molar-refractivity contribution in [2.24, 2.45) is 0 Å². The van der Waals surface area contributed by atoms with Crippen molar-refractivity contribution in [1.82, 2.24) is 0 Å². The lowest BCUT2D eigenvalue weighted by Crippen LogP contribution is -2.19. The van der Waals surface area contributed by atoms with Gasteiger partial charge in [0, 0.05) is 17.0 Å². The van der Waals surface area contributed by atoms with E-state index in [4.69, 9.17) is 9.47 Å². The third-order valence-electron chi connectivity index (χ3n) is 4.50. The normalized spacial score (nSPS) is 13.8. The molecule has 2 heterocycles. The first-order valence-electron chi connectivity index (χ1n) is 9.14. The molecule has 0 saturated carbocycles. The summed E-state index contributed by atoms with van der Waals surface area (Å²) in [4.78, 5) is 25.4. The van der Waals surface area contributed by atoms with Crippen molar-refractivity contribution in [1.29, 1.82) is 0 Å². The van der Waals surface area contributed by atoms with E-state index in [1.807, 2.05) is 5.38 Å². The van der Waals surface area contributed by atoms with Crippen LogP contribution in [0.5, 0.6) is 17.2 Å². The topological polar surface area (TPSA) is 61.8 Å². The molecule has 170 valence electrons. The Kier molecular flexibility index (Phi) is 5.90. The minimum Gasteiger partial charge on any atom is -0.476 e. The molecule has 0 amide bonds. The zero-order valence-corrected chi connectivity index (χ0v) is 17.3. The number of Topliss-reactive ketones (excluding diaryl/α,β-unsaturated/α-hetero) is 1. The second-order valence-electron chi connectivity index (χ2n) is 6.73. The molecule has 1 aromatic heterocycles. The standard InChI is InChI=1S/C22H11F5O5S/c1-9-5-10(6-12-15(9)21(29)13(32-12)7-11-3-2-4-33-11)31-14(28)8-30-22-19(26)17(24)16(23)18(25)20(22)27/h2-7H,8H2,1H3/b13-7-. The van der Waals surface area contributed by atoms with Crippen LogP contribution >= 0.6 is 11.3 Å². The quantitative estimate of drug-likeness (QED) is 0.123. The highest BCUT2D eigenvalue weighted by molar-refractivity contribution is 7.10. The predicted octanol–water partition coefficient (Wildman–Crippen LogP) is 5.35. The van der Waals surface area contributed by atoms with Crippen LogP contribution in [0.1, 0.15) is 20.8 Å². The number of hydrogen-bond acceptors (Lipinski definition) is 6. The first-order chi connectivity index (χ1) is 15.7. The van der Waals surface area contributed by atoms with Gasteiger partial charge in [0.2, 0.25) is 34.9 Å². The fraction of sp³-hybridized carbons (Fsp3) is 0.0909. The van der Waals surface area contributed by atoms with Crippen molar-refractivity contribution in [2.75, 3.05) is 6.61 Å². The van der Waals surface area contributed by atoms with Crippen LogP contribution in [0.15, 0.2) is 35.4 Å². The predicted molar refractivity (Wildman–Crippen MR) is 106 cm³/mol. The van der Waals surface area contributed by atoms with E-state index in [0.29, 0.717) is 5.56 Å². The zero-order valence-electron chi connectivity index (χ0n) is 16.5. The van der Waals surface area contributed by atoms with Crippen LogP contribution in [-0.4, -0.2) is 18.4 Å². The van der Waals surface area contributed by atoms with Crippen LogP contribution in [-0.2, 0) is 4.79 Å². The van der Waals surface area contributed by atoms with Crippen molar-refractivity contribution in [3.8, 4) is 17.2 Å². The van der Waals surface area contributed by atoms with Crippen LogP contribution in [0.3, 0.4) is 0 Å². The molecule has 0 unspecified atom stereocenters. The number of esters is 1. The number of carbonyl (C=O) groups excluding carboxylic acids is 2. The Morgan fingerprint density at radius 2 is 1.73 bits per heavy atom. The largest absolute Gasteiger partial charge is 0.476 e. The second-order valence-corrected chi connectivity index (χ2v) is 7.71. The van der Waals surface area contributed by atoms with Gasteiger partial charge in [0.1, 0.15) is 11.5 Å². The summed E-state index contributed by atoms with van der Waals surface area (Å²) in [5.74, 6) is -14.2. The van der Waals surface area contributed by atoms with Crippen molar-refractivity contribution < 1.29 is 45.8 Å². The monoisotopic (exact) mass is 482 g/mol. The highest BCUT2D eigenvalue weighted by Crippen LogP contribution is 2.38. The van der Waals surface area contributed by atoms with Gasteiger partial charge < -0.3 is 14.2 Å². The fourth-order valence-electron chi connectivity index (χ4n) is 3.04.